The molecule has 7 N–H and O–H groups in total. The molecule has 0 spiro atoms. The molecule has 0 saturated carbocycles. The Labute approximate surface area is 491 Å². The number of nitrogens with zero attached hydrogens (tertiary/aromatic N) is 15. The number of morpholine rings is 2. The van der Waals surface area contributed by atoms with E-state index in [2.05, 4.69) is 74.9 Å². The van der Waals surface area contributed by atoms with Gasteiger partial charge in [0, 0.05) is 129 Å². The van der Waals surface area contributed by atoms with Crippen molar-refractivity contribution < 1.29 is 28.9 Å². The number of rotatable bonds is 10. The van der Waals surface area contributed by atoms with Crippen molar-refractivity contribution in [3.63, 3.8) is 0 Å². The third kappa shape index (κ3) is 13.1. The number of ether oxygens (including phenoxy) is 3. The molecule has 3 saturated heterocycles. The van der Waals surface area contributed by atoms with Gasteiger partial charge in [-0.05, 0) is 67.3 Å². The summed E-state index contributed by atoms with van der Waals surface area (Å²) in [5.74, 6) is 4.57. The summed E-state index contributed by atoms with van der Waals surface area (Å²) in [6.07, 6.45) is 8.41. The minimum absolute atomic E-state index is 0.187. The van der Waals surface area contributed by atoms with Crippen molar-refractivity contribution in [1.82, 2.24) is 59.6 Å². The molecule has 6 aliphatic rings. The van der Waals surface area contributed by atoms with Gasteiger partial charge in [0.1, 0.15) is 11.6 Å². The topological polar surface area (TPSA) is 305 Å². The number of anilines is 5. The van der Waals surface area contributed by atoms with Crippen molar-refractivity contribution in [3.8, 4) is 34.2 Å². The monoisotopic (exact) mass is 1150 g/mol. The van der Waals surface area contributed by atoms with Gasteiger partial charge in [-0.1, -0.05) is 42.5 Å². The fraction of sp³-hybridized carbons (Fsp3) is 0.344. The number of aromatic nitrogens is 10. The number of carbonyl (C=O) groups is 2. The lowest BCUT2D eigenvalue weighted by atomic mass is 9.92. The summed E-state index contributed by atoms with van der Waals surface area (Å²) in [6.45, 7) is 12.2. The molecule has 24 heteroatoms. The summed E-state index contributed by atoms with van der Waals surface area (Å²) in [5.41, 5.74) is 28.9. The Balaban J connectivity index is 0.000000126. The lowest BCUT2D eigenvalue weighted by Crippen LogP contribution is -2.39. The highest BCUT2D eigenvalue weighted by Gasteiger charge is 2.34. The maximum absolute atomic E-state index is 11.4. The number of carbonyl (C=O) groups excluding carboxylic acids is 1. The smallest absolute Gasteiger partial charge is 0.407 e. The van der Waals surface area contributed by atoms with Gasteiger partial charge in [0.2, 0.25) is 17.8 Å². The van der Waals surface area contributed by atoms with Crippen LogP contribution >= 0.6 is 0 Å². The third-order valence-corrected chi connectivity index (χ3v) is 15.8. The van der Waals surface area contributed by atoms with Crippen LogP contribution in [0.3, 0.4) is 0 Å². The Bertz CT molecular complexity index is 3630. The van der Waals surface area contributed by atoms with Crippen molar-refractivity contribution >= 4 is 41.2 Å². The molecule has 85 heavy (non-hydrogen) atoms. The molecular weight excluding hydrogens is 1080 g/mol. The largest absolute Gasteiger partial charge is 0.465 e. The van der Waals surface area contributed by atoms with Crippen LogP contribution < -0.4 is 31.9 Å². The number of nitrogens with two attached hydrogens (primary N) is 3. The maximum Gasteiger partial charge on any atom is 0.407 e. The van der Waals surface area contributed by atoms with Crippen molar-refractivity contribution in [1.29, 1.82) is 0 Å². The van der Waals surface area contributed by atoms with Gasteiger partial charge in [-0.2, -0.15) is 0 Å². The van der Waals surface area contributed by atoms with Gasteiger partial charge in [-0.3, -0.25) is 14.6 Å². The molecule has 436 valence electrons. The zero-order valence-electron chi connectivity index (χ0n) is 47.0. The van der Waals surface area contributed by atoms with Gasteiger partial charge in [0.15, 0.2) is 17.5 Å². The molecule has 6 aliphatic heterocycles. The highest BCUT2D eigenvalue weighted by atomic mass is 16.5. The summed E-state index contributed by atoms with van der Waals surface area (Å²) in [6, 6.07) is 27.3. The van der Waals surface area contributed by atoms with Gasteiger partial charge in [0.05, 0.1) is 80.9 Å². The lowest BCUT2D eigenvalue weighted by molar-refractivity contribution is 0.0842. The summed E-state index contributed by atoms with van der Waals surface area (Å²) < 4.78 is 16.5. The van der Waals surface area contributed by atoms with Crippen LogP contribution in [0.4, 0.5) is 34.0 Å². The van der Waals surface area contributed by atoms with Gasteiger partial charge < -0.3 is 51.2 Å². The van der Waals surface area contributed by atoms with Gasteiger partial charge in [0.25, 0.3) is 0 Å². The second kappa shape index (κ2) is 25.6. The van der Waals surface area contributed by atoms with Gasteiger partial charge in [-0.25, -0.2) is 54.6 Å². The van der Waals surface area contributed by atoms with Crippen LogP contribution in [0.25, 0.3) is 34.2 Å². The zero-order valence-corrected chi connectivity index (χ0v) is 47.0. The standard InChI is InChI=1S/C24H27N5O.C21H21N7O2.C16H18N6O3/c25-20-8-6-19(7-9-20)23-26-22-17-28(16-18-4-2-1-3-5-18)11-10-21(22)24(27-23)29-12-14-30-15-13-29;22-18(29)14-2-4-15(5-3-14)19-25-17-13-28(21-23-6-1-7-24-21)12-16(17)20(26-19)27-8-10-30-11-9-27;17-15-18-5-10(6-19-15)14-20-12-8-22(16(23)24)7-11(12)13(21-14)9-1-3-25-4-2-9/h1-9H,10-17,25H2;1-7H,8-13H2,(H2,22,29);5-6,9H,1-4,7-8H2,(H,23,24)(H2,17,18,19). The molecule has 2 amide bonds. The summed E-state index contributed by atoms with van der Waals surface area (Å²) >= 11 is 0. The Morgan fingerprint density at radius 2 is 1.11 bits per heavy atom. The van der Waals surface area contributed by atoms with Crippen molar-refractivity contribution in [2.45, 2.75) is 64.4 Å². The van der Waals surface area contributed by atoms with E-state index in [9.17, 15) is 14.7 Å². The Morgan fingerprint density at radius 3 is 1.72 bits per heavy atom. The molecule has 0 unspecified atom stereocenters. The average Bonchev–Trinajstić information content (AvgIpc) is 3.00. The highest BCUT2D eigenvalue weighted by molar-refractivity contribution is 5.93. The quantitative estimate of drug-likeness (QED) is 0.116. The van der Waals surface area contributed by atoms with E-state index in [-0.39, 0.29) is 18.4 Å². The third-order valence-electron chi connectivity index (χ3n) is 15.8. The number of hydrogen-bond donors (Lipinski definition) is 4. The molecule has 0 bridgehead atoms. The number of hydrogen-bond acceptors (Lipinski definition) is 21. The number of carboxylic acid groups (broad SMARTS) is 1. The first-order chi connectivity index (χ1) is 41.6. The highest BCUT2D eigenvalue weighted by Crippen LogP contribution is 2.37. The average molecular weight is 1150 g/mol. The van der Waals surface area contributed by atoms with Crippen LogP contribution in [-0.2, 0) is 59.9 Å². The van der Waals surface area contributed by atoms with Crippen LogP contribution in [-0.4, -0.2) is 149 Å². The minimum atomic E-state index is -0.951. The Hall–Kier alpha value is -9.36. The Kier molecular flexibility index (Phi) is 16.9. The van der Waals surface area contributed by atoms with E-state index in [1.807, 2.05) is 36.4 Å². The van der Waals surface area contributed by atoms with E-state index < -0.39 is 12.0 Å². The summed E-state index contributed by atoms with van der Waals surface area (Å²) in [7, 11) is 0. The molecule has 11 heterocycles. The molecule has 3 aromatic carbocycles. The normalized spacial score (nSPS) is 16.8. The molecule has 0 aliphatic carbocycles. The predicted octanol–water partition coefficient (Wildman–Crippen LogP) is 5.91. The second-order valence-electron chi connectivity index (χ2n) is 21.4. The predicted molar refractivity (Wildman–Crippen MR) is 318 cm³/mol. The van der Waals surface area contributed by atoms with Crippen LogP contribution in [0.2, 0.25) is 0 Å². The van der Waals surface area contributed by atoms with E-state index in [0.717, 1.165) is 146 Å². The maximum atomic E-state index is 11.4. The van der Waals surface area contributed by atoms with E-state index in [1.54, 1.807) is 43.0 Å². The van der Waals surface area contributed by atoms with Gasteiger partial charge >= 0.3 is 6.09 Å². The first-order valence-electron chi connectivity index (χ1n) is 28.6. The number of fused-ring (bicyclic) bond motifs is 3. The van der Waals surface area contributed by atoms with Crippen molar-refractivity contribution in [2.75, 3.05) is 98.5 Å². The Morgan fingerprint density at radius 1 is 0.541 bits per heavy atom. The fourth-order valence-electron chi connectivity index (χ4n) is 11.3. The van der Waals surface area contributed by atoms with Crippen LogP contribution in [0.1, 0.15) is 74.1 Å². The summed E-state index contributed by atoms with van der Waals surface area (Å²) in [5, 5.41) is 9.33. The molecule has 5 aromatic heterocycles. The zero-order chi connectivity index (χ0) is 58.2. The van der Waals surface area contributed by atoms with Crippen molar-refractivity contribution in [2.24, 2.45) is 5.73 Å². The van der Waals surface area contributed by atoms with Crippen molar-refractivity contribution in [3.05, 3.63) is 160 Å². The molecule has 0 radical (unpaired) electrons. The first kappa shape index (κ1) is 56.1. The van der Waals surface area contributed by atoms with Crippen LogP contribution in [0.15, 0.2) is 110 Å². The molecular formula is C61H66N18O6. The SMILES string of the molecule is NC(=O)c1ccc(-c2nc3c(c(N4CCOCC4)n2)CN(c2ncccn2)C3)cc1.Nc1ccc(-c2nc3c(c(N4CCOCC4)n2)CCN(Cc2ccccc2)C3)cc1.Nc1ncc(-c2nc3c(c(C4CCOCC4)n2)CN(C(=O)O)C3)cn1. The van der Waals surface area contributed by atoms with Gasteiger partial charge in [-0.15, -0.1) is 0 Å². The number of benzene rings is 3. The molecule has 24 nitrogen and oxygen atoms in total. The molecule has 8 aromatic rings. The van der Waals surface area contributed by atoms with Crippen LogP contribution in [0, 0.1) is 0 Å². The van der Waals surface area contributed by atoms with E-state index >= 15 is 0 Å². The first-order valence-corrected chi connectivity index (χ1v) is 28.6. The summed E-state index contributed by atoms with van der Waals surface area (Å²) in [4.78, 5) is 79.2. The minimum Gasteiger partial charge on any atom is -0.465 e. The lowest BCUT2D eigenvalue weighted by Gasteiger charge is -2.34. The number of nitrogen functional groups attached to an aromatic ring is 2. The van der Waals surface area contributed by atoms with Crippen LogP contribution in [0.5, 0.6) is 0 Å². The second-order valence-corrected chi connectivity index (χ2v) is 21.4. The number of primary amides is 1. The van der Waals surface area contributed by atoms with E-state index in [0.29, 0.717) is 74.8 Å². The number of amides is 2. The molecule has 3 fully saturated rings. The fourth-order valence-corrected chi connectivity index (χ4v) is 11.3. The molecule has 14 rings (SSSR count). The van der Waals surface area contributed by atoms with E-state index in [1.165, 1.54) is 16.0 Å². The van der Waals surface area contributed by atoms with E-state index in [4.69, 9.17) is 56.3 Å². The molecule has 0 atom stereocenters.